The average Bonchev–Trinajstić information content (AvgIpc) is 2.62. The molecule has 96 valence electrons. The van der Waals surface area contributed by atoms with Crippen molar-refractivity contribution in [2.75, 3.05) is 6.61 Å². The second-order valence-corrected chi connectivity index (χ2v) is 5.27. The van der Waals surface area contributed by atoms with Crippen molar-refractivity contribution in [3.05, 3.63) is 12.2 Å². The molecule has 0 bridgehead atoms. The first-order valence-electron chi connectivity index (χ1n) is 6.55. The number of nitrogens with one attached hydrogen (secondary N) is 2. The second kappa shape index (κ2) is 5.54. The number of carbonyl (C=O) groups is 1. The predicted octanol–water partition coefficient (Wildman–Crippen LogP) is 1.41. The lowest BCUT2D eigenvalue weighted by atomic mass is 9.80. The summed E-state index contributed by atoms with van der Waals surface area (Å²) in [6, 6.07) is 0.251. The highest BCUT2D eigenvalue weighted by Crippen LogP contribution is 2.29. The van der Waals surface area contributed by atoms with Crippen molar-refractivity contribution in [3.63, 3.8) is 0 Å². The molecule has 0 saturated heterocycles. The number of hydrogen-bond acceptors (Lipinski definition) is 2. The van der Waals surface area contributed by atoms with Gasteiger partial charge in [-0.1, -0.05) is 18.6 Å². The number of rotatable bonds is 4. The second-order valence-electron chi connectivity index (χ2n) is 5.27. The summed E-state index contributed by atoms with van der Waals surface area (Å²) in [6.45, 7) is 2.24. The zero-order chi connectivity index (χ0) is 12.3. The molecule has 0 aromatic heterocycles. The van der Waals surface area contributed by atoms with Gasteiger partial charge in [-0.2, -0.15) is 0 Å². The normalized spacial score (nSPS) is 29.8. The van der Waals surface area contributed by atoms with Crippen molar-refractivity contribution >= 4 is 6.03 Å². The van der Waals surface area contributed by atoms with Gasteiger partial charge in [0.15, 0.2) is 0 Å². The summed E-state index contributed by atoms with van der Waals surface area (Å²) in [7, 11) is 0. The number of carbonyl (C=O) groups excluding carboxylic acids is 1. The standard InChI is InChI=1S/C13H22N2O2/c1-9(11-3-2-4-11)14-13(17)15-12-6-5-10(7-12)8-16/h5-6,9-12,16H,2-4,7-8H2,1H3,(H2,14,15,17)/t9?,10-,12+/m0/s1. The highest BCUT2D eigenvalue weighted by Gasteiger charge is 2.26. The Labute approximate surface area is 102 Å². The fourth-order valence-corrected chi connectivity index (χ4v) is 2.49. The minimum Gasteiger partial charge on any atom is -0.396 e. The molecule has 3 atom stereocenters. The SMILES string of the molecule is CC(NC(=O)N[C@@H]1C=C[C@H](CO)C1)C1CCC1. The molecule has 0 heterocycles. The summed E-state index contributed by atoms with van der Waals surface area (Å²) in [5, 5.41) is 14.9. The first kappa shape index (κ1) is 12.4. The average molecular weight is 238 g/mol. The number of amides is 2. The first-order valence-corrected chi connectivity index (χ1v) is 6.55. The summed E-state index contributed by atoms with van der Waals surface area (Å²) in [6.07, 6.45) is 8.51. The zero-order valence-electron chi connectivity index (χ0n) is 10.4. The van der Waals surface area contributed by atoms with Crippen LogP contribution in [-0.4, -0.2) is 29.8 Å². The third-order valence-corrected chi connectivity index (χ3v) is 3.94. The molecular formula is C13H22N2O2. The van der Waals surface area contributed by atoms with Gasteiger partial charge in [0.2, 0.25) is 0 Å². The molecule has 4 heteroatoms. The maximum Gasteiger partial charge on any atom is 0.315 e. The Balaban J connectivity index is 1.68. The van der Waals surface area contributed by atoms with Gasteiger partial charge in [0.25, 0.3) is 0 Å². The van der Waals surface area contributed by atoms with E-state index in [9.17, 15) is 4.79 Å². The van der Waals surface area contributed by atoms with Crippen molar-refractivity contribution in [2.24, 2.45) is 11.8 Å². The molecule has 2 amide bonds. The third kappa shape index (κ3) is 3.22. The van der Waals surface area contributed by atoms with Gasteiger partial charge < -0.3 is 15.7 Å². The quantitative estimate of drug-likeness (QED) is 0.648. The molecule has 3 N–H and O–H groups in total. The topological polar surface area (TPSA) is 61.4 Å². The molecule has 1 saturated carbocycles. The Kier molecular flexibility index (Phi) is 4.05. The maximum atomic E-state index is 11.7. The number of aliphatic hydroxyl groups is 1. The maximum absolute atomic E-state index is 11.7. The molecule has 17 heavy (non-hydrogen) atoms. The Morgan fingerprint density at radius 1 is 1.47 bits per heavy atom. The molecular weight excluding hydrogens is 216 g/mol. The van der Waals surface area contributed by atoms with Crippen molar-refractivity contribution in [1.82, 2.24) is 10.6 Å². The van der Waals surface area contributed by atoms with E-state index in [1.54, 1.807) is 0 Å². The number of urea groups is 1. The summed E-state index contributed by atoms with van der Waals surface area (Å²) in [5.74, 6) is 0.856. The molecule has 2 aliphatic carbocycles. The van der Waals surface area contributed by atoms with Crippen molar-refractivity contribution < 1.29 is 9.90 Å². The van der Waals surface area contributed by atoms with Gasteiger partial charge >= 0.3 is 6.03 Å². The van der Waals surface area contributed by atoms with E-state index in [4.69, 9.17) is 5.11 Å². The summed E-state index contributed by atoms with van der Waals surface area (Å²) >= 11 is 0. The summed E-state index contributed by atoms with van der Waals surface area (Å²) in [5.41, 5.74) is 0. The van der Waals surface area contributed by atoms with E-state index in [1.807, 2.05) is 12.2 Å². The number of hydrogen-bond donors (Lipinski definition) is 3. The van der Waals surface area contributed by atoms with E-state index in [-0.39, 0.29) is 30.6 Å². The third-order valence-electron chi connectivity index (χ3n) is 3.94. The fraction of sp³-hybridized carbons (Fsp3) is 0.769. The van der Waals surface area contributed by atoms with Gasteiger partial charge in [-0.15, -0.1) is 0 Å². The highest BCUT2D eigenvalue weighted by molar-refractivity contribution is 5.74. The van der Waals surface area contributed by atoms with E-state index in [0.717, 1.165) is 6.42 Å². The van der Waals surface area contributed by atoms with E-state index in [2.05, 4.69) is 17.6 Å². The fourth-order valence-electron chi connectivity index (χ4n) is 2.49. The first-order chi connectivity index (χ1) is 8.19. The van der Waals surface area contributed by atoms with Crippen LogP contribution in [-0.2, 0) is 0 Å². The van der Waals surface area contributed by atoms with Gasteiger partial charge in [-0.05, 0) is 32.1 Å². The van der Waals surface area contributed by atoms with Crippen molar-refractivity contribution in [3.8, 4) is 0 Å². The molecule has 2 aliphatic rings. The monoisotopic (exact) mass is 238 g/mol. The van der Waals surface area contributed by atoms with E-state index < -0.39 is 0 Å². The van der Waals surface area contributed by atoms with Crippen LogP contribution in [0.25, 0.3) is 0 Å². The lowest BCUT2D eigenvalue weighted by Gasteiger charge is -2.32. The zero-order valence-corrected chi connectivity index (χ0v) is 10.4. The molecule has 0 aromatic carbocycles. The largest absolute Gasteiger partial charge is 0.396 e. The van der Waals surface area contributed by atoms with Crippen LogP contribution in [0.4, 0.5) is 4.79 Å². The smallest absolute Gasteiger partial charge is 0.315 e. The molecule has 0 spiro atoms. The molecule has 0 radical (unpaired) electrons. The van der Waals surface area contributed by atoms with Crippen LogP contribution in [0.5, 0.6) is 0 Å². The van der Waals surface area contributed by atoms with Crippen LogP contribution in [0.1, 0.15) is 32.6 Å². The van der Waals surface area contributed by atoms with Crippen LogP contribution in [0.3, 0.4) is 0 Å². The van der Waals surface area contributed by atoms with Crippen LogP contribution in [0.15, 0.2) is 12.2 Å². The van der Waals surface area contributed by atoms with E-state index in [1.165, 1.54) is 19.3 Å². The van der Waals surface area contributed by atoms with Gasteiger partial charge in [0, 0.05) is 24.6 Å². The van der Waals surface area contributed by atoms with Crippen molar-refractivity contribution in [1.29, 1.82) is 0 Å². The summed E-state index contributed by atoms with van der Waals surface area (Å²) < 4.78 is 0. The van der Waals surface area contributed by atoms with Crippen LogP contribution >= 0.6 is 0 Å². The molecule has 4 nitrogen and oxygen atoms in total. The highest BCUT2D eigenvalue weighted by atomic mass is 16.3. The Bertz CT molecular complexity index is 300. The molecule has 1 fully saturated rings. The van der Waals surface area contributed by atoms with Gasteiger partial charge in [0.1, 0.15) is 0 Å². The van der Waals surface area contributed by atoms with E-state index >= 15 is 0 Å². The molecule has 0 aromatic rings. The summed E-state index contributed by atoms with van der Waals surface area (Å²) in [4.78, 5) is 11.7. The lowest BCUT2D eigenvalue weighted by molar-refractivity contribution is 0.209. The van der Waals surface area contributed by atoms with Gasteiger partial charge in [-0.3, -0.25) is 0 Å². The Morgan fingerprint density at radius 2 is 2.24 bits per heavy atom. The predicted molar refractivity (Wildman–Crippen MR) is 66.6 cm³/mol. The Hall–Kier alpha value is -1.03. The molecule has 0 aliphatic heterocycles. The van der Waals surface area contributed by atoms with Crippen LogP contribution in [0, 0.1) is 11.8 Å². The van der Waals surface area contributed by atoms with Gasteiger partial charge in [-0.25, -0.2) is 4.79 Å². The minimum atomic E-state index is -0.0855. The lowest BCUT2D eigenvalue weighted by Crippen LogP contribution is -2.48. The number of aliphatic hydroxyl groups excluding tert-OH is 1. The molecule has 1 unspecified atom stereocenters. The minimum absolute atomic E-state index is 0.0701. The van der Waals surface area contributed by atoms with Crippen molar-refractivity contribution in [2.45, 2.75) is 44.7 Å². The van der Waals surface area contributed by atoms with Crippen LogP contribution in [0.2, 0.25) is 0 Å². The van der Waals surface area contributed by atoms with Gasteiger partial charge in [0.05, 0.1) is 0 Å². The Morgan fingerprint density at radius 3 is 2.76 bits per heavy atom. The van der Waals surface area contributed by atoms with E-state index in [0.29, 0.717) is 5.92 Å². The van der Waals surface area contributed by atoms with Crippen LogP contribution < -0.4 is 10.6 Å². The molecule has 2 rings (SSSR count).